The fraction of sp³-hybridized carbons (Fsp3) is 0.696. The number of halogens is 1. The van der Waals surface area contributed by atoms with Crippen LogP contribution in [0.25, 0.3) is 0 Å². The van der Waals surface area contributed by atoms with Crippen molar-refractivity contribution in [1.82, 2.24) is 14.7 Å². The SMILES string of the molecule is CCN1CC[C@]2(CN(CCOC)CC23CCN(Cc2ccc(F)cc2)CC3)C1=O. The van der Waals surface area contributed by atoms with Gasteiger partial charge >= 0.3 is 0 Å². The van der Waals surface area contributed by atoms with Gasteiger partial charge in [0.15, 0.2) is 0 Å². The molecule has 3 saturated heterocycles. The number of piperidine rings is 1. The molecule has 3 aliphatic rings. The lowest BCUT2D eigenvalue weighted by Gasteiger charge is -2.47. The quantitative estimate of drug-likeness (QED) is 0.732. The van der Waals surface area contributed by atoms with Crippen molar-refractivity contribution in [2.45, 2.75) is 32.7 Å². The number of carbonyl (C=O) groups is 1. The summed E-state index contributed by atoms with van der Waals surface area (Å²) >= 11 is 0. The molecule has 6 heteroatoms. The Morgan fingerprint density at radius 1 is 1.03 bits per heavy atom. The van der Waals surface area contributed by atoms with E-state index in [4.69, 9.17) is 4.74 Å². The van der Waals surface area contributed by atoms with Crippen LogP contribution in [0.4, 0.5) is 4.39 Å². The highest BCUT2D eigenvalue weighted by atomic mass is 19.1. The van der Waals surface area contributed by atoms with Gasteiger partial charge in [0.25, 0.3) is 0 Å². The summed E-state index contributed by atoms with van der Waals surface area (Å²) in [6.45, 7) is 10.1. The summed E-state index contributed by atoms with van der Waals surface area (Å²) in [5.74, 6) is 0.197. The topological polar surface area (TPSA) is 36.0 Å². The number of amides is 1. The summed E-state index contributed by atoms with van der Waals surface area (Å²) in [7, 11) is 1.75. The van der Waals surface area contributed by atoms with Gasteiger partial charge in [-0.25, -0.2) is 4.39 Å². The molecule has 0 unspecified atom stereocenters. The van der Waals surface area contributed by atoms with Crippen LogP contribution in [0.2, 0.25) is 0 Å². The molecule has 3 aliphatic heterocycles. The number of rotatable bonds is 6. The summed E-state index contributed by atoms with van der Waals surface area (Å²) in [6, 6.07) is 6.83. The van der Waals surface area contributed by atoms with Gasteiger partial charge in [0.2, 0.25) is 5.91 Å². The molecular formula is C23H34FN3O2. The molecule has 1 amide bonds. The van der Waals surface area contributed by atoms with Crippen LogP contribution in [0.1, 0.15) is 31.7 Å². The molecule has 3 fully saturated rings. The average molecular weight is 404 g/mol. The third-order valence-electron chi connectivity index (χ3n) is 7.67. The minimum atomic E-state index is -0.223. The van der Waals surface area contributed by atoms with E-state index in [2.05, 4.69) is 21.6 Å². The maximum atomic E-state index is 13.5. The highest BCUT2D eigenvalue weighted by molar-refractivity contribution is 5.86. The van der Waals surface area contributed by atoms with Gasteiger partial charge in [-0.2, -0.15) is 0 Å². The molecule has 0 aromatic heterocycles. The molecule has 29 heavy (non-hydrogen) atoms. The van der Waals surface area contributed by atoms with Crippen molar-refractivity contribution in [3.8, 4) is 0 Å². The maximum absolute atomic E-state index is 13.5. The number of carbonyl (C=O) groups excluding carboxylic acids is 1. The lowest BCUT2D eigenvalue weighted by Crippen LogP contribution is -2.52. The molecule has 160 valence electrons. The molecular weight excluding hydrogens is 369 g/mol. The lowest BCUT2D eigenvalue weighted by molar-refractivity contribution is -0.142. The first-order valence-corrected chi connectivity index (χ1v) is 11.0. The van der Waals surface area contributed by atoms with Crippen LogP contribution < -0.4 is 0 Å². The van der Waals surface area contributed by atoms with E-state index in [-0.39, 0.29) is 16.6 Å². The van der Waals surface area contributed by atoms with Gasteiger partial charge in [-0.3, -0.25) is 14.6 Å². The second-order valence-corrected chi connectivity index (χ2v) is 9.10. The molecule has 4 rings (SSSR count). The van der Waals surface area contributed by atoms with Crippen molar-refractivity contribution >= 4 is 5.91 Å². The van der Waals surface area contributed by atoms with Gasteiger partial charge in [0.05, 0.1) is 12.0 Å². The van der Waals surface area contributed by atoms with Crippen molar-refractivity contribution in [3.63, 3.8) is 0 Å². The van der Waals surface area contributed by atoms with E-state index in [1.54, 1.807) is 7.11 Å². The monoisotopic (exact) mass is 403 g/mol. The van der Waals surface area contributed by atoms with Crippen molar-refractivity contribution < 1.29 is 13.9 Å². The van der Waals surface area contributed by atoms with Crippen molar-refractivity contribution in [1.29, 1.82) is 0 Å². The third kappa shape index (κ3) is 3.71. The predicted octanol–water partition coefficient (Wildman–Crippen LogP) is 2.61. The minimum Gasteiger partial charge on any atom is -0.383 e. The molecule has 0 N–H and O–H groups in total. The fourth-order valence-corrected chi connectivity index (χ4v) is 5.96. The van der Waals surface area contributed by atoms with E-state index in [0.717, 1.165) is 77.2 Å². The predicted molar refractivity (Wildman–Crippen MR) is 111 cm³/mol. The second kappa shape index (κ2) is 8.32. The van der Waals surface area contributed by atoms with E-state index in [1.165, 1.54) is 12.1 Å². The van der Waals surface area contributed by atoms with E-state index in [9.17, 15) is 9.18 Å². The smallest absolute Gasteiger partial charge is 0.230 e. The summed E-state index contributed by atoms with van der Waals surface area (Å²) < 4.78 is 18.5. The van der Waals surface area contributed by atoms with Gasteiger partial charge in [-0.1, -0.05) is 12.1 Å². The summed E-state index contributed by atoms with van der Waals surface area (Å²) in [4.78, 5) is 20.5. The van der Waals surface area contributed by atoms with Crippen LogP contribution in [0.15, 0.2) is 24.3 Å². The van der Waals surface area contributed by atoms with E-state index in [0.29, 0.717) is 12.5 Å². The molecule has 0 bridgehead atoms. The Morgan fingerprint density at radius 2 is 1.76 bits per heavy atom. The standard InChI is InChI=1S/C23H34FN3O2/c1-3-27-13-10-23(21(27)28)18-26(14-15-29-2)17-22(23)8-11-25(12-9-22)16-19-4-6-20(24)7-5-19/h4-7H,3,8-18H2,1-2H3/t23-/m0/s1. The summed E-state index contributed by atoms with van der Waals surface area (Å²) in [6.07, 6.45) is 3.10. The molecule has 1 atom stereocenters. The zero-order valence-corrected chi connectivity index (χ0v) is 17.8. The molecule has 0 aliphatic carbocycles. The van der Waals surface area contributed by atoms with E-state index < -0.39 is 0 Å². The lowest BCUT2D eigenvalue weighted by atomic mass is 9.60. The molecule has 0 saturated carbocycles. The summed E-state index contributed by atoms with van der Waals surface area (Å²) in [5, 5.41) is 0. The first-order valence-electron chi connectivity index (χ1n) is 11.0. The largest absolute Gasteiger partial charge is 0.383 e. The first-order chi connectivity index (χ1) is 14.0. The Hall–Kier alpha value is -1.50. The fourth-order valence-electron chi connectivity index (χ4n) is 5.96. The Bertz CT molecular complexity index is 717. The van der Waals surface area contributed by atoms with E-state index >= 15 is 0 Å². The Balaban J connectivity index is 1.49. The number of fused-ring (bicyclic) bond motifs is 1. The van der Waals surface area contributed by atoms with Crippen LogP contribution >= 0.6 is 0 Å². The molecule has 3 heterocycles. The zero-order chi connectivity index (χ0) is 20.5. The van der Waals surface area contributed by atoms with Crippen LogP contribution in [0.3, 0.4) is 0 Å². The number of benzene rings is 1. The molecule has 2 spiro atoms. The molecule has 5 nitrogen and oxygen atoms in total. The number of hydrogen-bond acceptors (Lipinski definition) is 4. The normalized spacial score (nSPS) is 27.6. The van der Waals surface area contributed by atoms with Gasteiger partial charge in [-0.15, -0.1) is 0 Å². The first kappa shape index (κ1) is 20.8. The van der Waals surface area contributed by atoms with Crippen molar-refractivity contribution in [3.05, 3.63) is 35.6 Å². The second-order valence-electron chi connectivity index (χ2n) is 9.10. The van der Waals surface area contributed by atoms with Gasteiger partial charge in [-0.05, 0) is 57.0 Å². The van der Waals surface area contributed by atoms with Crippen molar-refractivity contribution in [2.75, 3.05) is 59.5 Å². The van der Waals surface area contributed by atoms with Crippen LogP contribution in [-0.4, -0.2) is 80.1 Å². The Labute approximate surface area is 173 Å². The minimum absolute atomic E-state index is 0.0705. The molecule has 1 aromatic carbocycles. The number of ether oxygens (including phenoxy) is 1. The number of methoxy groups -OCH3 is 1. The Kier molecular flexibility index (Phi) is 5.96. The maximum Gasteiger partial charge on any atom is 0.230 e. The number of hydrogen-bond donors (Lipinski definition) is 0. The van der Waals surface area contributed by atoms with Crippen LogP contribution in [-0.2, 0) is 16.1 Å². The van der Waals surface area contributed by atoms with Gasteiger partial charge < -0.3 is 9.64 Å². The van der Waals surface area contributed by atoms with Gasteiger partial charge in [0, 0.05) is 51.8 Å². The van der Waals surface area contributed by atoms with Crippen LogP contribution in [0, 0.1) is 16.6 Å². The molecule has 1 aromatic rings. The number of likely N-dealkylation sites (tertiary alicyclic amines) is 3. The van der Waals surface area contributed by atoms with Gasteiger partial charge in [0.1, 0.15) is 5.82 Å². The zero-order valence-electron chi connectivity index (χ0n) is 17.8. The number of nitrogens with zero attached hydrogens (tertiary/aromatic N) is 3. The average Bonchev–Trinajstić information content (AvgIpc) is 3.22. The highest BCUT2D eigenvalue weighted by Gasteiger charge is 2.64. The van der Waals surface area contributed by atoms with Crippen LogP contribution in [0.5, 0.6) is 0 Å². The Morgan fingerprint density at radius 3 is 2.38 bits per heavy atom. The summed E-state index contributed by atoms with van der Waals surface area (Å²) in [5.41, 5.74) is 0.999. The van der Waals surface area contributed by atoms with E-state index in [1.807, 2.05) is 12.1 Å². The molecule has 0 radical (unpaired) electrons. The van der Waals surface area contributed by atoms with Crippen molar-refractivity contribution in [2.24, 2.45) is 10.8 Å². The highest BCUT2D eigenvalue weighted by Crippen LogP contribution is 2.57. The third-order valence-corrected chi connectivity index (χ3v) is 7.67.